The summed E-state index contributed by atoms with van der Waals surface area (Å²) in [6.07, 6.45) is -0.668. The van der Waals surface area contributed by atoms with E-state index in [1.807, 2.05) is 0 Å². The van der Waals surface area contributed by atoms with E-state index in [1.54, 1.807) is 32.9 Å². The third-order valence-electron chi connectivity index (χ3n) is 2.72. The highest BCUT2D eigenvalue weighted by molar-refractivity contribution is 6.34. The number of nitrogens with two attached hydrogens (primary N) is 1. The summed E-state index contributed by atoms with van der Waals surface area (Å²) in [5, 5.41) is 12.5. The van der Waals surface area contributed by atoms with E-state index in [9.17, 15) is 9.90 Å². The lowest BCUT2D eigenvalue weighted by atomic mass is 9.98. The predicted octanol–water partition coefficient (Wildman–Crippen LogP) is 1.81. The highest BCUT2D eigenvalue weighted by Gasteiger charge is 2.27. The van der Waals surface area contributed by atoms with E-state index in [1.165, 1.54) is 6.07 Å². The van der Waals surface area contributed by atoms with Crippen molar-refractivity contribution in [2.75, 3.05) is 5.73 Å². The molecular weight excluding hydrogens is 240 g/mol. The van der Waals surface area contributed by atoms with Crippen LogP contribution in [0.2, 0.25) is 5.02 Å². The molecule has 94 valence electrons. The van der Waals surface area contributed by atoms with Gasteiger partial charge in [-0.3, -0.25) is 4.79 Å². The van der Waals surface area contributed by atoms with Gasteiger partial charge >= 0.3 is 0 Å². The maximum absolute atomic E-state index is 11.9. The molecule has 1 aromatic rings. The van der Waals surface area contributed by atoms with Gasteiger partial charge in [-0.2, -0.15) is 0 Å². The average Bonchev–Trinajstić information content (AvgIpc) is 2.15. The Balaban J connectivity index is 2.91. The van der Waals surface area contributed by atoms with Crippen LogP contribution in [0.4, 0.5) is 5.69 Å². The maximum Gasteiger partial charge on any atom is 0.253 e. The van der Waals surface area contributed by atoms with Crippen LogP contribution in [0, 0.1) is 0 Å². The van der Waals surface area contributed by atoms with Gasteiger partial charge < -0.3 is 16.2 Å². The number of aliphatic hydroxyl groups is 1. The minimum atomic E-state index is -0.720. The second-order valence-corrected chi connectivity index (χ2v) is 5.00. The lowest BCUT2D eigenvalue weighted by Gasteiger charge is -2.29. The molecule has 0 aliphatic carbocycles. The molecule has 0 aliphatic rings. The molecule has 0 spiro atoms. The molecule has 0 heterocycles. The number of carbonyl (C=O) groups is 1. The number of anilines is 1. The van der Waals surface area contributed by atoms with Gasteiger partial charge in [-0.25, -0.2) is 0 Å². The lowest BCUT2D eigenvalue weighted by molar-refractivity contribution is 0.0709. The Labute approximate surface area is 106 Å². The van der Waals surface area contributed by atoms with Crippen LogP contribution in [0.15, 0.2) is 18.2 Å². The molecule has 0 saturated carbocycles. The monoisotopic (exact) mass is 256 g/mol. The van der Waals surface area contributed by atoms with Crippen molar-refractivity contribution < 1.29 is 9.90 Å². The molecule has 1 unspecified atom stereocenters. The molecule has 0 aliphatic heterocycles. The molecule has 1 amide bonds. The molecule has 4 N–H and O–H groups in total. The van der Waals surface area contributed by atoms with Crippen molar-refractivity contribution in [2.24, 2.45) is 0 Å². The van der Waals surface area contributed by atoms with E-state index >= 15 is 0 Å². The molecule has 0 saturated heterocycles. The fourth-order valence-corrected chi connectivity index (χ4v) is 1.45. The summed E-state index contributed by atoms with van der Waals surface area (Å²) in [5.41, 5.74) is 5.67. The molecular formula is C12H17ClN2O2. The second-order valence-electron chi connectivity index (χ2n) is 4.59. The van der Waals surface area contributed by atoms with E-state index in [2.05, 4.69) is 5.32 Å². The third-order valence-corrected chi connectivity index (χ3v) is 3.03. The molecule has 1 atom stereocenters. The van der Waals surface area contributed by atoms with Gasteiger partial charge in [0.15, 0.2) is 0 Å². The number of nitrogen functional groups attached to an aromatic ring is 1. The number of rotatable bonds is 3. The highest BCUT2D eigenvalue weighted by atomic mass is 35.5. The number of nitrogens with one attached hydrogen (secondary N) is 1. The number of hydrogen-bond donors (Lipinski definition) is 3. The summed E-state index contributed by atoms with van der Waals surface area (Å²) < 4.78 is 0. The number of halogens is 1. The maximum atomic E-state index is 11.9. The first-order chi connectivity index (χ1) is 7.74. The number of aliphatic hydroxyl groups excluding tert-OH is 1. The lowest BCUT2D eigenvalue weighted by Crippen LogP contribution is -2.51. The van der Waals surface area contributed by atoms with Crippen molar-refractivity contribution in [3.63, 3.8) is 0 Å². The van der Waals surface area contributed by atoms with Gasteiger partial charge in [0.2, 0.25) is 0 Å². The van der Waals surface area contributed by atoms with Gasteiger partial charge in [0, 0.05) is 5.69 Å². The highest BCUT2D eigenvalue weighted by Crippen LogP contribution is 2.20. The van der Waals surface area contributed by atoms with E-state index < -0.39 is 11.6 Å². The van der Waals surface area contributed by atoms with Crippen LogP contribution < -0.4 is 11.1 Å². The molecule has 1 rings (SSSR count). The van der Waals surface area contributed by atoms with Gasteiger partial charge in [0.05, 0.1) is 22.2 Å². The molecule has 0 aromatic heterocycles. The first-order valence-electron chi connectivity index (χ1n) is 5.29. The average molecular weight is 257 g/mol. The van der Waals surface area contributed by atoms with Crippen molar-refractivity contribution in [2.45, 2.75) is 32.4 Å². The zero-order valence-corrected chi connectivity index (χ0v) is 10.9. The van der Waals surface area contributed by atoms with Crippen molar-refractivity contribution in [1.29, 1.82) is 0 Å². The van der Waals surface area contributed by atoms with Crippen LogP contribution in [-0.4, -0.2) is 22.7 Å². The van der Waals surface area contributed by atoms with Crippen LogP contribution in [0.1, 0.15) is 31.1 Å². The SMILES string of the molecule is CC(O)C(C)(C)NC(=O)c1ccc(N)cc1Cl. The first kappa shape index (κ1) is 13.8. The Hall–Kier alpha value is -1.26. The zero-order valence-electron chi connectivity index (χ0n) is 10.1. The summed E-state index contributed by atoms with van der Waals surface area (Å²) in [6.45, 7) is 5.09. The number of carbonyl (C=O) groups excluding carboxylic acids is 1. The molecule has 1 aromatic carbocycles. The minimum Gasteiger partial charge on any atom is -0.399 e. The Bertz CT molecular complexity index is 431. The van der Waals surface area contributed by atoms with E-state index in [-0.39, 0.29) is 5.91 Å². The fourth-order valence-electron chi connectivity index (χ4n) is 1.18. The van der Waals surface area contributed by atoms with Crippen molar-refractivity contribution in [3.05, 3.63) is 28.8 Å². The van der Waals surface area contributed by atoms with Crippen LogP contribution in [0.25, 0.3) is 0 Å². The van der Waals surface area contributed by atoms with E-state index in [0.717, 1.165) is 0 Å². The van der Waals surface area contributed by atoms with E-state index in [0.29, 0.717) is 16.3 Å². The molecule has 0 bridgehead atoms. The Morgan fingerprint density at radius 3 is 2.59 bits per heavy atom. The van der Waals surface area contributed by atoms with Gasteiger partial charge in [0.25, 0.3) is 5.91 Å². The molecule has 17 heavy (non-hydrogen) atoms. The molecule has 0 fully saturated rings. The molecule has 5 heteroatoms. The zero-order chi connectivity index (χ0) is 13.2. The first-order valence-corrected chi connectivity index (χ1v) is 5.67. The van der Waals surface area contributed by atoms with Crippen LogP contribution in [0.5, 0.6) is 0 Å². The molecule has 0 radical (unpaired) electrons. The standard InChI is InChI=1S/C12H17ClN2O2/c1-7(16)12(2,3)15-11(17)9-5-4-8(14)6-10(9)13/h4-7,16H,14H2,1-3H3,(H,15,17). The summed E-state index contributed by atoms with van der Waals surface area (Å²) in [6, 6.07) is 4.69. The summed E-state index contributed by atoms with van der Waals surface area (Å²) in [7, 11) is 0. The largest absolute Gasteiger partial charge is 0.399 e. The van der Waals surface area contributed by atoms with Crippen molar-refractivity contribution in [3.8, 4) is 0 Å². The van der Waals surface area contributed by atoms with Gasteiger partial charge in [-0.1, -0.05) is 11.6 Å². The third kappa shape index (κ3) is 3.35. The number of hydrogen-bond acceptors (Lipinski definition) is 3. The Kier molecular flexibility index (Phi) is 4.01. The van der Waals surface area contributed by atoms with Crippen molar-refractivity contribution in [1.82, 2.24) is 5.32 Å². The summed E-state index contributed by atoms with van der Waals surface area (Å²) in [4.78, 5) is 11.9. The number of amides is 1. The normalized spacial score (nSPS) is 13.2. The predicted molar refractivity (Wildman–Crippen MR) is 69.1 cm³/mol. The van der Waals surface area contributed by atoms with Gasteiger partial charge in [0.1, 0.15) is 0 Å². The van der Waals surface area contributed by atoms with Gasteiger partial charge in [-0.05, 0) is 39.0 Å². The number of benzene rings is 1. The smallest absolute Gasteiger partial charge is 0.253 e. The second kappa shape index (κ2) is 4.94. The van der Waals surface area contributed by atoms with Crippen LogP contribution >= 0.6 is 11.6 Å². The topological polar surface area (TPSA) is 75.3 Å². The van der Waals surface area contributed by atoms with Crippen LogP contribution in [0.3, 0.4) is 0 Å². The quantitative estimate of drug-likeness (QED) is 0.722. The van der Waals surface area contributed by atoms with Crippen molar-refractivity contribution >= 4 is 23.2 Å². The Morgan fingerprint density at radius 1 is 1.53 bits per heavy atom. The summed E-state index contributed by atoms with van der Waals surface area (Å²) in [5.74, 6) is -0.332. The molecule has 4 nitrogen and oxygen atoms in total. The fraction of sp³-hybridized carbons (Fsp3) is 0.417. The van der Waals surface area contributed by atoms with Gasteiger partial charge in [-0.15, -0.1) is 0 Å². The van der Waals surface area contributed by atoms with Crippen LogP contribution in [-0.2, 0) is 0 Å². The van der Waals surface area contributed by atoms with E-state index in [4.69, 9.17) is 17.3 Å². The minimum absolute atomic E-state index is 0.295. The summed E-state index contributed by atoms with van der Waals surface area (Å²) >= 11 is 5.93. The Morgan fingerprint density at radius 2 is 2.12 bits per heavy atom.